The van der Waals surface area contributed by atoms with Gasteiger partial charge in [-0.3, -0.25) is 0 Å². The normalized spacial score (nSPS) is 14.0. The topological polar surface area (TPSA) is 25.8 Å². The molecule has 57 heavy (non-hydrogen) atoms. The second-order valence-corrected chi connectivity index (χ2v) is 19.3. The number of fused-ring (bicyclic) bond motifs is 9. The number of rotatable bonds is 5. The number of hydrogen-bond acceptors (Lipinski definition) is 2. The van der Waals surface area contributed by atoms with Gasteiger partial charge in [-0.25, -0.2) is 9.97 Å². The maximum Gasteiger partial charge on any atom is 0.180 e. The van der Waals surface area contributed by atoms with Gasteiger partial charge in [-0.2, -0.15) is 0 Å². The van der Waals surface area contributed by atoms with Crippen LogP contribution in [0.2, 0.25) is 0 Å². The first-order valence-electron chi connectivity index (χ1n) is 19.9. The molecule has 2 heterocycles. The van der Waals surface area contributed by atoms with Crippen molar-refractivity contribution >= 4 is 28.8 Å². The molecule has 1 aliphatic heterocycles. The highest BCUT2D eigenvalue weighted by Crippen LogP contribution is 2.50. The van der Waals surface area contributed by atoms with Gasteiger partial charge >= 0.3 is 0 Å². The Bertz CT molecular complexity index is 2960. The average molecular weight is 741 g/mol. The largest absolute Gasteiger partial charge is 0.232 e. The van der Waals surface area contributed by atoms with Gasteiger partial charge in [0.2, 0.25) is 0 Å². The molecule has 3 heteroatoms. The van der Waals surface area contributed by atoms with Crippen molar-refractivity contribution in [3.05, 3.63) is 228 Å². The molecule has 0 saturated carbocycles. The number of benzene rings is 8. The summed E-state index contributed by atoms with van der Waals surface area (Å²) in [5, 5.41) is 5.74. The third kappa shape index (κ3) is 4.64. The van der Waals surface area contributed by atoms with Crippen molar-refractivity contribution in [3.63, 3.8) is 0 Å². The van der Waals surface area contributed by atoms with Crippen molar-refractivity contribution in [2.24, 2.45) is 0 Å². The van der Waals surface area contributed by atoms with Crippen molar-refractivity contribution in [1.82, 2.24) is 9.97 Å². The summed E-state index contributed by atoms with van der Waals surface area (Å²) in [7, 11) is -2.64. The van der Waals surface area contributed by atoms with Gasteiger partial charge in [0.25, 0.3) is 0 Å². The van der Waals surface area contributed by atoms with E-state index in [-0.39, 0.29) is 5.92 Å². The predicted molar refractivity (Wildman–Crippen MR) is 237 cm³/mol. The molecular formula is C54H36N2Si. The zero-order chi connectivity index (χ0) is 37.5. The fourth-order valence-corrected chi connectivity index (χ4v) is 15.6. The molecule has 12 rings (SSSR count). The summed E-state index contributed by atoms with van der Waals surface area (Å²) in [6.45, 7) is 0. The number of aromatic nitrogens is 2. The molecule has 0 bridgehead atoms. The smallest absolute Gasteiger partial charge is 0.180 e. The SMILES string of the molecule is c1ccc(-c2nc(C3c4ccccc4-c4ccccc43)nc3c2Cc2c(-c4ccc5c(c4)[Si](c4ccccc4)(c4ccccc4)c4ccccc4-5)cccc2-3)cc1. The molecule has 8 aromatic carbocycles. The molecule has 0 amide bonds. The van der Waals surface area contributed by atoms with Crippen molar-refractivity contribution in [1.29, 1.82) is 0 Å². The van der Waals surface area contributed by atoms with Crippen molar-refractivity contribution < 1.29 is 0 Å². The van der Waals surface area contributed by atoms with Crippen LogP contribution in [0, 0.1) is 0 Å². The minimum Gasteiger partial charge on any atom is -0.232 e. The van der Waals surface area contributed by atoms with Crippen LogP contribution < -0.4 is 20.7 Å². The zero-order valence-corrected chi connectivity index (χ0v) is 32.2. The second-order valence-electron chi connectivity index (χ2n) is 15.5. The lowest BCUT2D eigenvalue weighted by molar-refractivity contribution is 0.874. The quantitative estimate of drug-likeness (QED) is 0.164. The molecule has 0 radical (unpaired) electrons. The summed E-state index contributed by atoms with van der Waals surface area (Å²) in [6, 6.07) is 74.1. The zero-order valence-electron chi connectivity index (χ0n) is 31.2. The summed E-state index contributed by atoms with van der Waals surface area (Å²) in [6.07, 6.45) is 0.778. The lowest BCUT2D eigenvalue weighted by atomic mass is 9.94. The highest BCUT2D eigenvalue weighted by atomic mass is 28.3. The lowest BCUT2D eigenvalue weighted by Crippen LogP contribution is -2.72. The molecule has 2 aliphatic carbocycles. The minimum atomic E-state index is -2.64. The van der Waals surface area contributed by atoms with Gasteiger partial charge < -0.3 is 0 Å². The Morgan fingerprint density at radius 2 is 0.895 bits per heavy atom. The molecule has 0 atom stereocenters. The van der Waals surface area contributed by atoms with Gasteiger partial charge in [0.05, 0.1) is 17.3 Å². The van der Waals surface area contributed by atoms with Crippen LogP contribution in [0.4, 0.5) is 0 Å². The summed E-state index contributed by atoms with van der Waals surface area (Å²) in [5.74, 6) is 0.824. The van der Waals surface area contributed by atoms with Gasteiger partial charge in [0, 0.05) is 23.1 Å². The molecule has 0 saturated heterocycles. The maximum absolute atomic E-state index is 5.58. The van der Waals surface area contributed by atoms with Crippen LogP contribution in [-0.2, 0) is 6.42 Å². The number of hydrogen-bond donors (Lipinski definition) is 0. The second kappa shape index (κ2) is 12.5. The third-order valence-corrected chi connectivity index (χ3v) is 17.6. The first-order valence-corrected chi connectivity index (χ1v) is 21.9. The van der Waals surface area contributed by atoms with E-state index in [1.807, 2.05) is 0 Å². The van der Waals surface area contributed by atoms with Gasteiger partial charge in [0.15, 0.2) is 8.07 Å². The van der Waals surface area contributed by atoms with Crippen molar-refractivity contribution in [3.8, 4) is 55.9 Å². The summed E-state index contributed by atoms with van der Waals surface area (Å²) < 4.78 is 0. The van der Waals surface area contributed by atoms with Crippen LogP contribution in [0.1, 0.15) is 34.0 Å². The lowest BCUT2D eigenvalue weighted by Gasteiger charge is -2.31. The molecule has 0 fully saturated rings. The van der Waals surface area contributed by atoms with Crippen LogP contribution in [0.15, 0.2) is 200 Å². The Morgan fingerprint density at radius 1 is 0.368 bits per heavy atom. The Hall–Kier alpha value is -6.94. The van der Waals surface area contributed by atoms with Gasteiger partial charge in [0.1, 0.15) is 5.82 Å². The maximum atomic E-state index is 5.58. The van der Waals surface area contributed by atoms with Crippen LogP contribution in [-0.4, -0.2) is 18.0 Å². The Morgan fingerprint density at radius 3 is 1.58 bits per heavy atom. The molecule has 9 aromatic rings. The molecule has 266 valence electrons. The summed E-state index contributed by atoms with van der Waals surface area (Å²) in [5.41, 5.74) is 17.3. The fraction of sp³-hybridized carbons (Fsp3) is 0.0370. The molecule has 0 unspecified atom stereocenters. The highest BCUT2D eigenvalue weighted by molar-refractivity contribution is 7.22. The molecule has 1 aromatic heterocycles. The van der Waals surface area contributed by atoms with E-state index >= 15 is 0 Å². The van der Waals surface area contributed by atoms with E-state index in [1.165, 1.54) is 81.9 Å². The minimum absolute atomic E-state index is 0.0372. The van der Waals surface area contributed by atoms with E-state index in [1.54, 1.807) is 0 Å². The van der Waals surface area contributed by atoms with Crippen molar-refractivity contribution in [2.45, 2.75) is 12.3 Å². The van der Waals surface area contributed by atoms with Crippen LogP contribution in [0.25, 0.3) is 55.9 Å². The van der Waals surface area contributed by atoms with E-state index in [9.17, 15) is 0 Å². The molecular weight excluding hydrogens is 705 g/mol. The Balaban J connectivity index is 1.07. The highest BCUT2D eigenvalue weighted by Gasteiger charge is 2.48. The third-order valence-electron chi connectivity index (χ3n) is 12.7. The first kappa shape index (κ1) is 32.3. The average Bonchev–Trinajstić information content (AvgIpc) is 3.93. The van der Waals surface area contributed by atoms with Crippen LogP contribution >= 0.6 is 0 Å². The molecule has 2 nitrogen and oxygen atoms in total. The fourth-order valence-electron chi connectivity index (χ4n) is 10.3. The monoisotopic (exact) mass is 740 g/mol. The molecule has 0 spiro atoms. The van der Waals surface area contributed by atoms with Gasteiger partial charge in [-0.05, 0) is 70.8 Å². The predicted octanol–water partition coefficient (Wildman–Crippen LogP) is 9.90. The van der Waals surface area contributed by atoms with E-state index < -0.39 is 8.07 Å². The molecule has 0 N–H and O–H groups in total. The van der Waals surface area contributed by atoms with E-state index in [2.05, 4.69) is 200 Å². The standard InChI is InChI=1S/C54H36N2Si/c1-4-17-35(18-5-1)52-48-34-47-39(28-16-29-46(47)53(48)56-54(55-52)51-44-26-12-10-23-40(44)41-24-11-13-27-45(41)51)36-31-32-43-42-25-14-15-30-49(42)57(50(43)33-36,37-19-6-2-7-20-37)38-21-8-3-9-22-38/h1-33,51H,34H2. The van der Waals surface area contributed by atoms with Gasteiger partial charge in [-0.15, -0.1) is 0 Å². The van der Waals surface area contributed by atoms with Crippen LogP contribution in [0.5, 0.6) is 0 Å². The Kier molecular flexibility index (Phi) is 7.11. The van der Waals surface area contributed by atoms with E-state index in [0.29, 0.717) is 0 Å². The van der Waals surface area contributed by atoms with E-state index in [0.717, 1.165) is 29.2 Å². The van der Waals surface area contributed by atoms with Crippen molar-refractivity contribution in [2.75, 3.05) is 0 Å². The Labute approximate surface area is 333 Å². The van der Waals surface area contributed by atoms with Crippen LogP contribution in [0.3, 0.4) is 0 Å². The number of nitrogens with zero attached hydrogens (tertiary/aromatic N) is 2. The first-order chi connectivity index (χ1) is 28.3. The summed E-state index contributed by atoms with van der Waals surface area (Å²) in [4.78, 5) is 11.1. The van der Waals surface area contributed by atoms with E-state index in [4.69, 9.17) is 9.97 Å². The van der Waals surface area contributed by atoms with Gasteiger partial charge in [-0.1, -0.05) is 200 Å². The summed E-state index contributed by atoms with van der Waals surface area (Å²) >= 11 is 0. The molecule has 3 aliphatic rings.